The van der Waals surface area contributed by atoms with E-state index in [2.05, 4.69) is 4.98 Å². The molecule has 2 aliphatic carbocycles. The zero-order valence-electron chi connectivity index (χ0n) is 18.3. The number of hydrogen-bond acceptors (Lipinski definition) is 5. The minimum Gasteiger partial charge on any atom is -0.484 e. The van der Waals surface area contributed by atoms with E-state index in [-0.39, 0.29) is 16.9 Å². The van der Waals surface area contributed by atoms with E-state index in [4.69, 9.17) is 22.2 Å². The zero-order chi connectivity index (χ0) is 24.8. The van der Waals surface area contributed by atoms with E-state index in [9.17, 15) is 18.0 Å². The molecule has 5 rings (SSSR count). The number of thiocarbonyl (C=S) groups is 1. The number of benzene rings is 1. The number of carbonyl (C=O) groups is 1. The van der Waals surface area contributed by atoms with E-state index < -0.39 is 28.9 Å². The van der Waals surface area contributed by atoms with E-state index in [1.807, 2.05) is 30.4 Å². The molecule has 6 nitrogen and oxygen atoms in total. The predicted octanol–water partition coefficient (Wildman–Crippen LogP) is 5.30. The third kappa shape index (κ3) is 3.76. The lowest BCUT2D eigenvalue weighted by molar-refractivity contribution is -0.138. The molecule has 1 aliphatic heterocycles. The van der Waals surface area contributed by atoms with E-state index in [0.29, 0.717) is 30.7 Å². The highest BCUT2D eigenvalue weighted by Crippen LogP contribution is 2.50. The van der Waals surface area contributed by atoms with Crippen molar-refractivity contribution in [2.75, 3.05) is 9.80 Å². The van der Waals surface area contributed by atoms with E-state index in [1.165, 1.54) is 6.07 Å². The second-order valence-corrected chi connectivity index (χ2v) is 8.88. The molecule has 10 heteroatoms. The van der Waals surface area contributed by atoms with Gasteiger partial charge in [0.15, 0.2) is 10.8 Å². The number of nitrogens with zero attached hydrogens (tertiary/aromatic N) is 4. The standard InChI is InChI=1S/C25H19F3N4O2S/c26-25(27,28)18-13-16(15-30-19(18)14-29)31-22(33)24(11-6-12-24)32(23(31)35)20-9-4-5-10-21(20)34-17-7-2-1-3-8-17/h1-5,7,9-10,13,15,17H,6,8,11-12H2. The molecular formula is C25H19F3N4O2S. The van der Waals surface area contributed by atoms with Crippen LogP contribution in [0, 0.1) is 11.3 Å². The largest absolute Gasteiger partial charge is 0.484 e. The van der Waals surface area contributed by atoms with Crippen molar-refractivity contribution in [1.82, 2.24) is 4.98 Å². The number of para-hydroxylation sites is 2. The second kappa shape index (κ2) is 8.50. The van der Waals surface area contributed by atoms with Gasteiger partial charge in [-0.2, -0.15) is 18.4 Å². The monoisotopic (exact) mass is 496 g/mol. The van der Waals surface area contributed by atoms with Crippen LogP contribution in [0.4, 0.5) is 24.5 Å². The van der Waals surface area contributed by atoms with Gasteiger partial charge in [-0.1, -0.05) is 30.4 Å². The van der Waals surface area contributed by atoms with E-state index in [1.54, 1.807) is 23.1 Å². The molecule has 35 heavy (non-hydrogen) atoms. The van der Waals surface area contributed by atoms with Gasteiger partial charge < -0.3 is 4.74 Å². The number of ether oxygens (including phenoxy) is 1. The summed E-state index contributed by atoms with van der Waals surface area (Å²) in [5.41, 5.74) is -2.53. The van der Waals surface area contributed by atoms with E-state index >= 15 is 0 Å². The highest BCUT2D eigenvalue weighted by molar-refractivity contribution is 7.81. The Labute approximate surface area is 204 Å². The van der Waals surface area contributed by atoms with Crippen molar-refractivity contribution in [3.8, 4) is 11.8 Å². The average Bonchev–Trinajstić information content (AvgIpc) is 3.06. The predicted molar refractivity (Wildman–Crippen MR) is 127 cm³/mol. The number of carbonyl (C=O) groups excluding carboxylic acids is 1. The number of nitriles is 1. The van der Waals surface area contributed by atoms with Crippen LogP contribution in [0.15, 0.2) is 60.8 Å². The molecule has 1 aromatic heterocycles. The summed E-state index contributed by atoms with van der Waals surface area (Å²) >= 11 is 5.69. The summed E-state index contributed by atoms with van der Waals surface area (Å²) in [7, 11) is 0. The number of pyridine rings is 1. The highest BCUT2D eigenvalue weighted by Gasteiger charge is 2.60. The summed E-state index contributed by atoms with van der Waals surface area (Å²) in [5.74, 6) is 0.110. The zero-order valence-corrected chi connectivity index (χ0v) is 19.1. The number of alkyl halides is 3. The minimum atomic E-state index is -4.81. The van der Waals surface area contributed by atoms with Crippen molar-refractivity contribution >= 4 is 34.6 Å². The normalized spacial score (nSPS) is 20.8. The molecule has 1 spiro atoms. The fourth-order valence-electron chi connectivity index (χ4n) is 4.62. The van der Waals surface area contributed by atoms with Crippen molar-refractivity contribution < 1.29 is 22.7 Å². The van der Waals surface area contributed by atoms with E-state index in [0.717, 1.165) is 23.6 Å². The Kier molecular flexibility index (Phi) is 5.60. The topological polar surface area (TPSA) is 69.5 Å². The van der Waals surface area contributed by atoms with Gasteiger partial charge in [0.05, 0.1) is 23.1 Å². The average molecular weight is 497 g/mol. The Morgan fingerprint density at radius 3 is 2.63 bits per heavy atom. The van der Waals surface area contributed by atoms with Crippen LogP contribution in [0.5, 0.6) is 5.75 Å². The van der Waals surface area contributed by atoms with Gasteiger partial charge in [0.25, 0.3) is 5.91 Å². The third-order valence-corrected chi connectivity index (χ3v) is 6.83. The fraction of sp³-hybridized carbons (Fsp3) is 0.280. The third-order valence-electron chi connectivity index (χ3n) is 6.46. The molecule has 2 aromatic rings. The molecule has 1 saturated carbocycles. The van der Waals surface area contributed by atoms with Crippen LogP contribution in [0.3, 0.4) is 0 Å². The van der Waals surface area contributed by atoms with Gasteiger partial charge >= 0.3 is 6.18 Å². The summed E-state index contributed by atoms with van der Waals surface area (Å²) in [6.07, 6.45) is 6.27. The van der Waals surface area contributed by atoms with Crippen LogP contribution >= 0.6 is 12.2 Å². The molecule has 1 atom stereocenters. The lowest BCUT2D eigenvalue weighted by Crippen LogP contribution is -2.55. The quantitative estimate of drug-likeness (QED) is 0.536. The van der Waals surface area contributed by atoms with Gasteiger partial charge in [-0.05, 0) is 55.8 Å². The van der Waals surface area contributed by atoms with Crippen molar-refractivity contribution in [2.24, 2.45) is 0 Å². The lowest BCUT2D eigenvalue weighted by atomic mass is 9.75. The first-order valence-corrected chi connectivity index (χ1v) is 11.4. The molecule has 1 saturated heterocycles. The van der Waals surface area contributed by atoms with Crippen LogP contribution in [0.25, 0.3) is 0 Å². The first-order chi connectivity index (χ1) is 16.8. The maximum atomic E-state index is 13.7. The molecule has 1 unspecified atom stereocenters. The Morgan fingerprint density at radius 1 is 1.23 bits per heavy atom. The smallest absolute Gasteiger partial charge is 0.419 e. The van der Waals surface area contributed by atoms with Crippen LogP contribution in [0.1, 0.15) is 36.9 Å². The number of allylic oxidation sites excluding steroid dienone is 2. The summed E-state index contributed by atoms with van der Waals surface area (Å²) in [6.45, 7) is 0. The van der Waals surface area contributed by atoms with Crippen LogP contribution < -0.4 is 14.5 Å². The molecule has 178 valence electrons. The molecular weight excluding hydrogens is 477 g/mol. The number of halogens is 3. The number of hydrogen-bond donors (Lipinski definition) is 0. The number of aromatic nitrogens is 1. The van der Waals surface area contributed by atoms with Gasteiger partial charge in [0.1, 0.15) is 23.5 Å². The fourth-order valence-corrected chi connectivity index (χ4v) is 5.08. The summed E-state index contributed by atoms with van der Waals surface area (Å²) in [6, 6.07) is 9.40. The Bertz CT molecular complexity index is 1310. The summed E-state index contributed by atoms with van der Waals surface area (Å²) in [5, 5.41) is 9.12. The Hall–Kier alpha value is -3.71. The first-order valence-electron chi connectivity index (χ1n) is 11.0. The molecule has 2 fully saturated rings. The van der Waals surface area contributed by atoms with Gasteiger partial charge in [0.2, 0.25) is 0 Å². The Morgan fingerprint density at radius 2 is 2.00 bits per heavy atom. The number of rotatable bonds is 4. The van der Waals surface area contributed by atoms with Gasteiger partial charge in [-0.15, -0.1) is 0 Å². The SMILES string of the molecule is N#Cc1ncc(N2C(=O)C3(CCC3)N(c3ccccc3OC3C=CC=CC3)C2=S)cc1C(F)(F)F. The summed E-state index contributed by atoms with van der Waals surface area (Å²) < 4.78 is 46.9. The minimum absolute atomic E-state index is 0.0458. The van der Waals surface area contributed by atoms with Crippen LogP contribution in [0.2, 0.25) is 0 Å². The van der Waals surface area contributed by atoms with Crippen molar-refractivity contribution in [2.45, 2.75) is 43.5 Å². The number of amides is 1. The molecule has 3 aliphatic rings. The Balaban J connectivity index is 1.57. The van der Waals surface area contributed by atoms with Gasteiger partial charge in [-0.25, -0.2) is 4.98 Å². The van der Waals surface area contributed by atoms with Crippen molar-refractivity contribution in [3.63, 3.8) is 0 Å². The molecule has 0 bridgehead atoms. The molecule has 2 heterocycles. The van der Waals surface area contributed by atoms with Crippen molar-refractivity contribution in [1.29, 1.82) is 5.26 Å². The first kappa shape index (κ1) is 23.1. The molecule has 0 radical (unpaired) electrons. The maximum Gasteiger partial charge on any atom is 0.419 e. The molecule has 1 amide bonds. The second-order valence-electron chi connectivity index (χ2n) is 8.52. The number of anilines is 2. The molecule has 0 N–H and O–H groups in total. The van der Waals surface area contributed by atoms with Crippen LogP contribution in [-0.4, -0.2) is 27.6 Å². The molecule has 1 aromatic carbocycles. The highest BCUT2D eigenvalue weighted by atomic mass is 32.1. The van der Waals surface area contributed by atoms with Crippen LogP contribution in [-0.2, 0) is 11.0 Å². The van der Waals surface area contributed by atoms with Crippen molar-refractivity contribution in [3.05, 3.63) is 72.1 Å². The van der Waals surface area contributed by atoms with Gasteiger partial charge in [-0.3, -0.25) is 14.6 Å². The summed E-state index contributed by atoms with van der Waals surface area (Å²) in [4.78, 5) is 20.2. The maximum absolute atomic E-state index is 13.7. The van der Waals surface area contributed by atoms with Gasteiger partial charge in [0, 0.05) is 6.42 Å². The lowest BCUT2D eigenvalue weighted by Gasteiger charge is -2.43.